The molecule has 0 amide bonds. The van der Waals surface area contributed by atoms with E-state index >= 15 is 0 Å². The zero-order valence-electron chi connectivity index (χ0n) is 10.6. The van der Waals surface area contributed by atoms with Gasteiger partial charge in [0.05, 0.1) is 0 Å². The van der Waals surface area contributed by atoms with E-state index in [4.69, 9.17) is 0 Å². The molecule has 0 aromatic heterocycles. The van der Waals surface area contributed by atoms with Crippen LogP contribution in [-0.2, 0) is 0 Å². The van der Waals surface area contributed by atoms with Gasteiger partial charge in [-0.1, -0.05) is 32.4 Å². The van der Waals surface area contributed by atoms with E-state index in [9.17, 15) is 0 Å². The molecule has 4 bridgehead atoms. The highest BCUT2D eigenvalue weighted by molar-refractivity contribution is 5.28. The van der Waals surface area contributed by atoms with Gasteiger partial charge in [0, 0.05) is 0 Å². The van der Waals surface area contributed by atoms with Crippen molar-refractivity contribution in [2.24, 2.45) is 35.0 Å². The first-order chi connectivity index (χ1) is 7.05. The molecule has 0 heteroatoms. The molecule has 2 unspecified atom stereocenters. The first-order valence-electron chi connectivity index (χ1n) is 6.72. The molecule has 5 atom stereocenters. The van der Waals surface area contributed by atoms with Gasteiger partial charge in [0.1, 0.15) is 0 Å². The molecule has 0 saturated heterocycles. The van der Waals surface area contributed by atoms with Gasteiger partial charge < -0.3 is 0 Å². The highest BCUT2D eigenvalue weighted by Crippen LogP contribution is 2.71. The molecule has 2 fully saturated rings. The van der Waals surface area contributed by atoms with Crippen molar-refractivity contribution < 1.29 is 0 Å². The molecule has 4 aliphatic carbocycles. The van der Waals surface area contributed by atoms with Crippen molar-refractivity contribution in [2.75, 3.05) is 0 Å². The highest BCUT2D eigenvalue weighted by atomic mass is 14.7. The number of rotatable bonds is 1. The molecule has 0 nitrogen and oxygen atoms in total. The maximum Gasteiger partial charge on any atom is -0.0115 e. The fourth-order valence-electron chi connectivity index (χ4n) is 5.25. The molecule has 84 valence electrons. The summed E-state index contributed by atoms with van der Waals surface area (Å²) in [6.07, 6.45) is 6.90. The van der Waals surface area contributed by atoms with Crippen molar-refractivity contribution in [1.82, 2.24) is 0 Å². The summed E-state index contributed by atoms with van der Waals surface area (Å²) >= 11 is 0. The van der Waals surface area contributed by atoms with Crippen LogP contribution in [0, 0.1) is 35.0 Å². The van der Waals surface area contributed by atoms with E-state index in [1.54, 1.807) is 5.57 Å². The minimum Gasteiger partial charge on any atom is -0.0850 e. The normalized spacial score (nSPS) is 52.5. The Hall–Kier alpha value is -0.260. The minimum absolute atomic E-state index is 0.703. The van der Waals surface area contributed by atoms with Gasteiger partial charge in [-0.3, -0.25) is 0 Å². The van der Waals surface area contributed by atoms with Crippen molar-refractivity contribution >= 4 is 0 Å². The maximum atomic E-state index is 2.56. The van der Waals surface area contributed by atoms with Gasteiger partial charge in [0.2, 0.25) is 0 Å². The Morgan fingerprint density at radius 2 is 2.13 bits per heavy atom. The van der Waals surface area contributed by atoms with Crippen LogP contribution < -0.4 is 0 Å². The molecule has 15 heavy (non-hydrogen) atoms. The molecular weight excluding hydrogens is 180 g/mol. The van der Waals surface area contributed by atoms with Crippen LogP contribution in [0.3, 0.4) is 0 Å². The second-order valence-corrected chi connectivity index (χ2v) is 6.80. The Balaban J connectivity index is 1.95. The lowest BCUT2D eigenvalue weighted by molar-refractivity contribution is -0.181. The zero-order chi connectivity index (χ0) is 10.8. The van der Waals surface area contributed by atoms with Crippen molar-refractivity contribution in [1.29, 1.82) is 0 Å². The van der Waals surface area contributed by atoms with E-state index in [1.807, 2.05) is 0 Å². The third-order valence-electron chi connectivity index (χ3n) is 5.96. The fraction of sp³-hybridized carbons (Fsp3) is 0.867. The molecule has 0 aromatic rings. The van der Waals surface area contributed by atoms with Gasteiger partial charge in [0.25, 0.3) is 0 Å². The Kier molecular flexibility index (Phi) is 1.92. The van der Waals surface area contributed by atoms with Gasteiger partial charge in [0.15, 0.2) is 0 Å². The summed E-state index contributed by atoms with van der Waals surface area (Å²) in [5.41, 5.74) is 2.42. The summed E-state index contributed by atoms with van der Waals surface area (Å²) in [6, 6.07) is 0. The molecular formula is C15H24. The van der Waals surface area contributed by atoms with Gasteiger partial charge >= 0.3 is 0 Å². The smallest absolute Gasteiger partial charge is 0.0115 e. The van der Waals surface area contributed by atoms with E-state index in [0.29, 0.717) is 5.41 Å². The van der Waals surface area contributed by atoms with Crippen LogP contribution in [0.2, 0.25) is 0 Å². The van der Waals surface area contributed by atoms with Gasteiger partial charge in [-0.25, -0.2) is 0 Å². The molecule has 0 N–H and O–H groups in total. The SMILES string of the molecule is CC1=CCC2C3[C@H](C(C)C)CC[C@]2(C)[C@@H]13. The second kappa shape index (κ2) is 2.90. The second-order valence-electron chi connectivity index (χ2n) is 6.80. The van der Waals surface area contributed by atoms with Crippen molar-refractivity contribution in [3.63, 3.8) is 0 Å². The maximum absolute atomic E-state index is 2.56. The van der Waals surface area contributed by atoms with Crippen LogP contribution in [0.5, 0.6) is 0 Å². The van der Waals surface area contributed by atoms with Crippen LogP contribution >= 0.6 is 0 Å². The average Bonchev–Trinajstić information content (AvgIpc) is 2.17. The van der Waals surface area contributed by atoms with Gasteiger partial charge in [-0.05, 0) is 61.2 Å². The first-order valence-corrected chi connectivity index (χ1v) is 6.72. The Morgan fingerprint density at radius 3 is 2.73 bits per heavy atom. The predicted molar refractivity (Wildman–Crippen MR) is 64.5 cm³/mol. The van der Waals surface area contributed by atoms with Gasteiger partial charge in [-0.15, -0.1) is 0 Å². The number of hydrogen-bond acceptors (Lipinski definition) is 0. The largest absolute Gasteiger partial charge is 0.0850 e. The third kappa shape index (κ3) is 1.04. The van der Waals surface area contributed by atoms with Crippen LogP contribution in [0.4, 0.5) is 0 Å². The molecule has 0 spiro atoms. The Labute approximate surface area is 94.1 Å². The van der Waals surface area contributed by atoms with E-state index < -0.39 is 0 Å². The molecule has 4 rings (SSSR count). The quantitative estimate of drug-likeness (QED) is 0.559. The van der Waals surface area contributed by atoms with Crippen LogP contribution in [0.15, 0.2) is 11.6 Å². The summed E-state index contributed by atoms with van der Waals surface area (Å²) in [7, 11) is 0. The van der Waals surface area contributed by atoms with Crippen LogP contribution in [0.25, 0.3) is 0 Å². The predicted octanol–water partition coefficient (Wildman–Crippen LogP) is 4.27. The van der Waals surface area contributed by atoms with Crippen molar-refractivity contribution in [3.8, 4) is 0 Å². The summed E-state index contributed by atoms with van der Waals surface area (Å²) in [6.45, 7) is 9.81. The van der Waals surface area contributed by atoms with E-state index in [2.05, 4.69) is 33.8 Å². The Morgan fingerprint density at radius 1 is 1.40 bits per heavy atom. The van der Waals surface area contributed by atoms with E-state index in [1.165, 1.54) is 19.3 Å². The zero-order valence-corrected chi connectivity index (χ0v) is 10.6. The lowest BCUT2D eigenvalue weighted by atomic mass is 9.34. The lowest BCUT2D eigenvalue weighted by Gasteiger charge is -2.70. The summed E-state index contributed by atoms with van der Waals surface area (Å²) in [5.74, 6) is 4.96. The van der Waals surface area contributed by atoms with Crippen molar-refractivity contribution in [2.45, 2.75) is 47.0 Å². The molecule has 0 heterocycles. The topological polar surface area (TPSA) is 0 Å². The molecule has 0 aliphatic heterocycles. The fourth-order valence-corrected chi connectivity index (χ4v) is 5.25. The molecule has 4 aliphatic rings. The van der Waals surface area contributed by atoms with E-state index in [-0.39, 0.29) is 0 Å². The average molecular weight is 204 g/mol. The number of allylic oxidation sites excluding steroid dienone is 2. The molecule has 0 radical (unpaired) electrons. The van der Waals surface area contributed by atoms with Crippen molar-refractivity contribution in [3.05, 3.63) is 11.6 Å². The molecule has 2 saturated carbocycles. The summed E-state index contributed by atoms with van der Waals surface area (Å²) in [4.78, 5) is 0. The Bertz CT molecular complexity index is 312. The van der Waals surface area contributed by atoms with Crippen LogP contribution in [-0.4, -0.2) is 0 Å². The summed E-state index contributed by atoms with van der Waals surface area (Å²) in [5, 5.41) is 0. The third-order valence-corrected chi connectivity index (χ3v) is 5.96. The number of hydrogen-bond donors (Lipinski definition) is 0. The van der Waals surface area contributed by atoms with E-state index in [0.717, 1.165) is 29.6 Å². The standard InChI is InChI=1S/C15H24/c1-9(2)11-7-8-15(4)12-6-5-10(3)14(15)13(11)12/h5,9,11-14H,6-8H2,1-4H3/t11-,12?,13?,14-,15-/m0/s1. The first kappa shape index (κ1) is 9.93. The lowest BCUT2D eigenvalue weighted by Crippen LogP contribution is -2.63. The van der Waals surface area contributed by atoms with Crippen LogP contribution in [0.1, 0.15) is 47.0 Å². The molecule has 0 aromatic carbocycles. The highest BCUT2D eigenvalue weighted by Gasteiger charge is 2.64. The monoisotopic (exact) mass is 204 g/mol. The number of fused-ring (bicyclic) bond motifs is 1. The van der Waals surface area contributed by atoms with Gasteiger partial charge in [-0.2, -0.15) is 0 Å². The summed E-state index contributed by atoms with van der Waals surface area (Å²) < 4.78 is 0. The minimum atomic E-state index is 0.703.